The van der Waals surface area contributed by atoms with Crippen molar-refractivity contribution >= 4 is 43.7 Å². The normalized spacial score (nSPS) is 12.9. The quantitative estimate of drug-likeness (QED) is 0.584. The third-order valence-electron chi connectivity index (χ3n) is 3.71. The molecule has 0 aliphatic carbocycles. The largest absolute Gasteiger partial charge is 0.396 e. The summed E-state index contributed by atoms with van der Waals surface area (Å²) >= 11 is 1.30. The molecule has 3 N–H and O–H groups in total. The van der Waals surface area contributed by atoms with Gasteiger partial charge in [0.15, 0.2) is 5.65 Å². The molecule has 4 aromatic rings. The predicted molar refractivity (Wildman–Crippen MR) is 96.6 cm³/mol. The van der Waals surface area contributed by atoms with Gasteiger partial charge in [-0.1, -0.05) is 30.3 Å². The van der Waals surface area contributed by atoms with Crippen LogP contribution in [0.1, 0.15) is 0 Å². The highest BCUT2D eigenvalue weighted by molar-refractivity contribution is 7.87. The van der Waals surface area contributed by atoms with E-state index in [1.807, 2.05) is 40.9 Å². The molecule has 1 aromatic carbocycles. The van der Waals surface area contributed by atoms with Crippen LogP contribution >= 0.6 is 11.3 Å². The molecular weight excluding hydrogens is 344 g/mol. The van der Waals surface area contributed by atoms with E-state index in [1.165, 1.54) is 11.3 Å². The van der Waals surface area contributed by atoms with E-state index < -0.39 is 10.8 Å². The van der Waals surface area contributed by atoms with Crippen LogP contribution in [0.15, 0.2) is 46.9 Å². The number of imidazole rings is 1. The SMILES string of the molecule is Nc1c(S(=O)CCO)sc2nc(-c3ccccc3)n3ccnc3c12. The molecule has 0 amide bonds. The highest BCUT2D eigenvalue weighted by Crippen LogP contribution is 2.38. The summed E-state index contributed by atoms with van der Waals surface area (Å²) in [6, 6.07) is 9.82. The molecule has 0 saturated heterocycles. The lowest BCUT2D eigenvalue weighted by Crippen LogP contribution is -2.02. The van der Waals surface area contributed by atoms with E-state index in [0.717, 1.165) is 11.4 Å². The van der Waals surface area contributed by atoms with Gasteiger partial charge in [0.2, 0.25) is 0 Å². The van der Waals surface area contributed by atoms with Gasteiger partial charge < -0.3 is 10.8 Å². The minimum Gasteiger partial charge on any atom is -0.396 e. The van der Waals surface area contributed by atoms with Gasteiger partial charge in [-0.05, 0) is 0 Å². The zero-order valence-electron chi connectivity index (χ0n) is 12.5. The van der Waals surface area contributed by atoms with Crippen molar-refractivity contribution in [3.05, 3.63) is 42.7 Å². The summed E-state index contributed by atoms with van der Waals surface area (Å²) in [6.45, 7) is -0.151. The maximum Gasteiger partial charge on any atom is 0.150 e. The summed E-state index contributed by atoms with van der Waals surface area (Å²) < 4.78 is 14.7. The predicted octanol–water partition coefficient (Wildman–Crippen LogP) is 2.29. The van der Waals surface area contributed by atoms with Crippen molar-refractivity contribution in [1.29, 1.82) is 0 Å². The van der Waals surface area contributed by atoms with Crippen molar-refractivity contribution < 1.29 is 9.32 Å². The topological polar surface area (TPSA) is 93.5 Å². The number of nitrogen functional groups attached to an aromatic ring is 1. The highest BCUT2D eigenvalue weighted by Gasteiger charge is 2.21. The molecule has 0 bridgehead atoms. The van der Waals surface area contributed by atoms with E-state index in [0.29, 0.717) is 25.8 Å². The van der Waals surface area contributed by atoms with E-state index in [-0.39, 0.29) is 12.4 Å². The van der Waals surface area contributed by atoms with Crippen LogP contribution in [0.3, 0.4) is 0 Å². The second-order valence-electron chi connectivity index (χ2n) is 5.18. The summed E-state index contributed by atoms with van der Waals surface area (Å²) in [5.41, 5.74) is 8.32. The fourth-order valence-corrected chi connectivity index (χ4v) is 5.03. The second kappa shape index (κ2) is 5.97. The number of thiophene rings is 1. The number of hydrogen-bond acceptors (Lipinski definition) is 6. The Hall–Kier alpha value is -2.29. The number of benzene rings is 1. The van der Waals surface area contributed by atoms with Crippen molar-refractivity contribution in [1.82, 2.24) is 14.4 Å². The Kier molecular flexibility index (Phi) is 3.79. The van der Waals surface area contributed by atoms with E-state index in [2.05, 4.69) is 4.98 Å². The molecule has 0 aliphatic rings. The lowest BCUT2D eigenvalue weighted by atomic mass is 10.2. The van der Waals surface area contributed by atoms with Crippen molar-refractivity contribution in [2.24, 2.45) is 0 Å². The van der Waals surface area contributed by atoms with E-state index in [9.17, 15) is 4.21 Å². The summed E-state index contributed by atoms with van der Waals surface area (Å²) in [7, 11) is -1.34. The van der Waals surface area contributed by atoms with Crippen LogP contribution in [0.25, 0.3) is 27.3 Å². The molecule has 122 valence electrons. The Labute approximate surface area is 144 Å². The van der Waals surface area contributed by atoms with Gasteiger partial charge >= 0.3 is 0 Å². The molecule has 0 saturated carbocycles. The van der Waals surface area contributed by atoms with Crippen LogP contribution in [0.4, 0.5) is 5.69 Å². The smallest absolute Gasteiger partial charge is 0.150 e. The number of nitrogens with zero attached hydrogens (tertiary/aromatic N) is 3. The molecular formula is C16H14N4O2S2. The minimum atomic E-state index is -1.34. The number of rotatable bonds is 4. The number of aliphatic hydroxyl groups excluding tert-OH is 1. The monoisotopic (exact) mass is 358 g/mol. The number of anilines is 1. The van der Waals surface area contributed by atoms with Gasteiger partial charge in [-0.2, -0.15) is 0 Å². The van der Waals surface area contributed by atoms with Gasteiger partial charge in [0.05, 0.1) is 34.2 Å². The minimum absolute atomic E-state index is 0.151. The fraction of sp³-hybridized carbons (Fsp3) is 0.125. The number of aromatic nitrogens is 3. The van der Waals surface area contributed by atoms with Crippen molar-refractivity contribution in [2.75, 3.05) is 18.1 Å². The number of nitrogens with two attached hydrogens (primary N) is 1. The summed E-state index contributed by atoms with van der Waals surface area (Å²) in [6.07, 6.45) is 3.54. The molecule has 0 spiro atoms. The average Bonchev–Trinajstić information content (AvgIpc) is 3.19. The molecule has 4 rings (SSSR count). The summed E-state index contributed by atoms with van der Waals surface area (Å²) in [5, 5.41) is 9.75. The third kappa shape index (κ3) is 2.31. The average molecular weight is 358 g/mol. The van der Waals surface area contributed by atoms with Gasteiger partial charge in [0.25, 0.3) is 0 Å². The molecule has 3 aromatic heterocycles. The zero-order chi connectivity index (χ0) is 16.7. The molecule has 0 radical (unpaired) electrons. The number of fused-ring (bicyclic) bond motifs is 3. The van der Waals surface area contributed by atoms with Gasteiger partial charge in [0.1, 0.15) is 14.9 Å². The van der Waals surface area contributed by atoms with E-state index >= 15 is 0 Å². The van der Waals surface area contributed by atoms with Crippen LogP contribution in [0.2, 0.25) is 0 Å². The van der Waals surface area contributed by atoms with Crippen molar-refractivity contribution in [3.63, 3.8) is 0 Å². The van der Waals surface area contributed by atoms with Crippen LogP contribution in [0, 0.1) is 0 Å². The lowest BCUT2D eigenvalue weighted by molar-refractivity contribution is 0.321. The van der Waals surface area contributed by atoms with Crippen LogP contribution in [-0.2, 0) is 10.8 Å². The van der Waals surface area contributed by atoms with Gasteiger partial charge in [0, 0.05) is 18.0 Å². The lowest BCUT2D eigenvalue weighted by Gasteiger charge is -2.06. The molecule has 8 heteroatoms. The molecule has 1 atom stereocenters. The highest BCUT2D eigenvalue weighted by atomic mass is 32.2. The Bertz CT molecular complexity index is 1060. The molecule has 1 unspecified atom stereocenters. The Morgan fingerprint density at radius 3 is 2.83 bits per heavy atom. The van der Waals surface area contributed by atoms with Gasteiger partial charge in [-0.25, -0.2) is 9.97 Å². The molecule has 3 heterocycles. The standard InChI is InChI=1S/C16H14N4O2S2/c17-12-11-14-18-6-7-20(14)13(10-4-2-1-3-5-10)19-15(11)23-16(12)24(22)9-8-21/h1-7,21H,8-9,17H2. The van der Waals surface area contributed by atoms with E-state index in [1.54, 1.807) is 6.20 Å². The maximum absolute atomic E-state index is 12.3. The second-order valence-corrected chi connectivity index (χ2v) is 7.94. The molecule has 6 nitrogen and oxygen atoms in total. The number of hydrogen-bond donors (Lipinski definition) is 2. The van der Waals surface area contributed by atoms with Crippen LogP contribution in [-0.4, -0.2) is 36.0 Å². The van der Waals surface area contributed by atoms with Crippen LogP contribution in [0.5, 0.6) is 0 Å². The van der Waals surface area contributed by atoms with Crippen molar-refractivity contribution in [3.8, 4) is 11.4 Å². The van der Waals surface area contributed by atoms with Gasteiger partial charge in [-0.15, -0.1) is 11.3 Å². The molecule has 0 aliphatic heterocycles. The molecule has 0 fully saturated rings. The first-order valence-electron chi connectivity index (χ1n) is 7.30. The molecule has 24 heavy (non-hydrogen) atoms. The maximum atomic E-state index is 12.3. The summed E-state index contributed by atoms with van der Waals surface area (Å²) in [5.74, 6) is 0.921. The first kappa shape index (κ1) is 15.3. The van der Waals surface area contributed by atoms with Crippen molar-refractivity contribution in [2.45, 2.75) is 4.21 Å². The Balaban J connectivity index is 2.03. The third-order valence-corrected chi connectivity index (χ3v) is 6.60. The first-order chi connectivity index (χ1) is 11.7. The number of aliphatic hydroxyl groups is 1. The van der Waals surface area contributed by atoms with Crippen LogP contribution < -0.4 is 5.73 Å². The van der Waals surface area contributed by atoms with Gasteiger partial charge in [-0.3, -0.25) is 8.61 Å². The Morgan fingerprint density at radius 1 is 1.29 bits per heavy atom. The van der Waals surface area contributed by atoms with E-state index in [4.69, 9.17) is 15.8 Å². The Morgan fingerprint density at radius 2 is 2.08 bits per heavy atom. The first-order valence-corrected chi connectivity index (χ1v) is 9.44. The summed E-state index contributed by atoms with van der Waals surface area (Å²) in [4.78, 5) is 9.85. The fourth-order valence-electron chi connectivity index (χ4n) is 2.65. The zero-order valence-corrected chi connectivity index (χ0v) is 14.2.